The molecule has 1 aliphatic rings. The van der Waals surface area contributed by atoms with E-state index in [-0.39, 0.29) is 0 Å². The maximum Gasteiger partial charge on any atom is 0.249 e. The van der Waals surface area contributed by atoms with Gasteiger partial charge >= 0.3 is 0 Å². The molecule has 0 aromatic heterocycles. The van der Waals surface area contributed by atoms with Gasteiger partial charge in [-0.2, -0.15) is 0 Å². The summed E-state index contributed by atoms with van der Waals surface area (Å²) in [6, 6.07) is 0. The van der Waals surface area contributed by atoms with E-state index in [2.05, 4.69) is 5.32 Å². The van der Waals surface area contributed by atoms with Crippen LogP contribution in [0.1, 0.15) is 19.3 Å². The van der Waals surface area contributed by atoms with Gasteiger partial charge in [0, 0.05) is 0 Å². The maximum atomic E-state index is 8.44. The summed E-state index contributed by atoms with van der Waals surface area (Å²) < 4.78 is 0. The summed E-state index contributed by atoms with van der Waals surface area (Å²) >= 11 is 0. The zero-order chi connectivity index (χ0) is 7.82. The van der Waals surface area contributed by atoms with E-state index >= 15 is 0 Å². The number of piperidine rings is 1. The average molecular weight is 147 g/mol. The third kappa shape index (κ3) is 10.3. The lowest BCUT2D eigenvalue weighted by Gasteiger charge is -2.05. The lowest BCUT2D eigenvalue weighted by molar-refractivity contribution is -0.662. The second-order valence-electron chi connectivity index (χ2n) is 2.19. The van der Waals surface area contributed by atoms with Gasteiger partial charge in [-0.05, 0) is 19.3 Å². The second-order valence-corrected chi connectivity index (χ2v) is 2.19. The predicted octanol–water partition coefficient (Wildman–Crippen LogP) is -1.38. The van der Waals surface area contributed by atoms with Crippen LogP contribution in [-0.2, 0) is 0 Å². The largest absolute Gasteiger partial charge is 0.565 e. The van der Waals surface area contributed by atoms with E-state index in [0.717, 1.165) is 0 Å². The van der Waals surface area contributed by atoms with Crippen molar-refractivity contribution in [2.45, 2.75) is 19.3 Å². The fraction of sp³-hybridized carbons (Fsp3) is 0.833. The third-order valence-electron chi connectivity index (χ3n) is 1.32. The lowest BCUT2D eigenvalue weighted by Crippen LogP contribution is -2.85. The minimum Gasteiger partial charge on any atom is -0.565 e. The fourth-order valence-corrected chi connectivity index (χ4v) is 0.898. The molecule has 0 aromatic carbocycles. The van der Waals surface area contributed by atoms with Gasteiger partial charge in [0.15, 0.2) is 0 Å². The Balaban J connectivity index is 0.000000180. The molecular weight excluding hydrogens is 134 g/mol. The van der Waals surface area contributed by atoms with Crippen LogP contribution < -0.4 is 10.4 Å². The molecule has 1 fully saturated rings. The van der Waals surface area contributed by atoms with E-state index < -0.39 is 6.16 Å². The van der Waals surface area contributed by atoms with Crippen LogP contribution in [0.3, 0.4) is 0 Å². The Kier molecular flexibility index (Phi) is 5.86. The molecule has 0 radical (unpaired) electrons. The molecule has 0 unspecified atom stereocenters. The summed E-state index contributed by atoms with van der Waals surface area (Å²) in [4.78, 5) is 8.44. The van der Waals surface area contributed by atoms with Crippen molar-refractivity contribution >= 4 is 6.16 Å². The number of hydrogen-bond acceptors (Lipinski definition) is 2. The molecule has 1 heterocycles. The topological polar surface area (TPSA) is 77.0 Å². The molecule has 1 rings (SSSR count). The van der Waals surface area contributed by atoms with E-state index in [1.165, 1.54) is 32.4 Å². The highest BCUT2D eigenvalue weighted by molar-refractivity contribution is 5.50. The number of quaternary nitrogens is 1. The molecule has 10 heavy (non-hydrogen) atoms. The minimum atomic E-state index is -2.08. The van der Waals surface area contributed by atoms with E-state index in [1.807, 2.05) is 0 Å². The predicted molar refractivity (Wildman–Crippen MR) is 33.5 cm³/mol. The Labute approximate surface area is 59.9 Å². The quantitative estimate of drug-likeness (QED) is 0.443. The monoisotopic (exact) mass is 147 g/mol. The molecule has 0 aromatic rings. The molecule has 60 valence electrons. The zero-order valence-corrected chi connectivity index (χ0v) is 5.88. The summed E-state index contributed by atoms with van der Waals surface area (Å²) in [7, 11) is 0. The number of hydrogen-bond donors (Lipinski definition) is 2. The van der Waals surface area contributed by atoms with Gasteiger partial charge in [-0.1, -0.05) is 0 Å². The Bertz CT molecular complexity index is 75.5. The Morgan fingerprint density at radius 1 is 1.30 bits per heavy atom. The van der Waals surface area contributed by atoms with Crippen LogP contribution in [0.2, 0.25) is 0 Å². The van der Waals surface area contributed by atoms with Crippen molar-refractivity contribution in [2.75, 3.05) is 13.1 Å². The van der Waals surface area contributed by atoms with Crippen LogP contribution in [-0.4, -0.2) is 24.4 Å². The molecule has 1 aliphatic heterocycles. The molecule has 0 saturated carbocycles. The van der Waals surface area contributed by atoms with Crippen molar-refractivity contribution in [3.05, 3.63) is 0 Å². The van der Waals surface area contributed by atoms with Crippen molar-refractivity contribution in [3.63, 3.8) is 0 Å². The zero-order valence-electron chi connectivity index (χ0n) is 5.88. The highest BCUT2D eigenvalue weighted by Crippen LogP contribution is 1.91. The van der Waals surface area contributed by atoms with Crippen LogP contribution in [0.4, 0.5) is 4.79 Å². The van der Waals surface area contributed by atoms with Crippen LogP contribution in [0, 0.1) is 0 Å². The normalized spacial score (nSPS) is 16.8. The first-order valence-corrected chi connectivity index (χ1v) is 3.45. The number of nitrogens with two attached hydrogens (primary N) is 1. The van der Waals surface area contributed by atoms with Gasteiger partial charge in [0.2, 0.25) is 6.16 Å². The molecule has 0 amide bonds. The van der Waals surface area contributed by atoms with Gasteiger partial charge in [0.05, 0.1) is 13.1 Å². The highest BCUT2D eigenvalue weighted by Gasteiger charge is 1.97. The molecular formula is C6H13NO3. The second kappa shape index (κ2) is 6.35. The number of carboxylic acid groups (broad SMARTS) is 2. The Morgan fingerprint density at radius 3 is 1.80 bits per heavy atom. The van der Waals surface area contributed by atoms with Gasteiger partial charge < -0.3 is 20.3 Å². The minimum absolute atomic E-state index is 1.38. The summed E-state index contributed by atoms with van der Waals surface area (Å²) in [5.41, 5.74) is 0. The SMILES string of the molecule is C1CC[NH2+]CC1.O=C([O-])O. The van der Waals surface area contributed by atoms with Crippen molar-refractivity contribution in [3.8, 4) is 0 Å². The number of carbonyl (C=O) groups is 1. The van der Waals surface area contributed by atoms with E-state index in [9.17, 15) is 0 Å². The first kappa shape index (κ1) is 9.23. The average Bonchev–Trinajstić information content (AvgIpc) is 1.90. The first-order chi connectivity index (χ1) is 4.73. The summed E-state index contributed by atoms with van der Waals surface area (Å²) in [5, 5.41) is 17.7. The van der Waals surface area contributed by atoms with Gasteiger partial charge in [-0.3, -0.25) is 0 Å². The smallest absolute Gasteiger partial charge is 0.249 e. The molecule has 0 spiro atoms. The Hall–Kier alpha value is -0.770. The molecule has 0 aliphatic carbocycles. The van der Waals surface area contributed by atoms with E-state index in [4.69, 9.17) is 15.0 Å². The first-order valence-electron chi connectivity index (χ1n) is 3.45. The van der Waals surface area contributed by atoms with Gasteiger partial charge in [0.1, 0.15) is 0 Å². The third-order valence-corrected chi connectivity index (χ3v) is 1.32. The van der Waals surface area contributed by atoms with Crippen LogP contribution >= 0.6 is 0 Å². The number of rotatable bonds is 0. The lowest BCUT2D eigenvalue weighted by atomic mass is 10.2. The Morgan fingerprint density at radius 2 is 1.70 bits per heavy atom. The summed E-state index contributed by atoms with van der Waals surface area (Å²) in [5.74, 6) is 0. The van der Waals surface area contributed by atoms with Crippen molar-refractivity contribution in [2.24, 2.45) is 0 Å². The molecule has 4 nitrogen and oxygen atoms in total. The van der Waals surface area contributed by atoms with Crippen LogP contribution in [0.25, 0.3) is 0 Å². The van der Waals surface area contributed by atoms with Gasteiger partial charge in [0.25, 0.3) is 0 Å². The summed E-state index contributed by atoms with van der Waals surface area (Å²) in [6.07, 6.45) is 2.27. The molecule has 1 saturated heterocycles. The van der Waals surface area contributed by atoms with E-state index in [0.29, 0.717) is 0 Å². The van der Waals surface area contributed by atoms with Crippen LogP contribution in [0.5, 0.6) is 0 Å². The molecule has 0 bridgehead atoms. The molecule has 3 N–H and O–H groups in total. The maximum absolute atomic E-state index is 8.44. The summed E-state index contributed by atoms with van der Waals surface area (Å²) in [6.45, 7) is 2.75. The molecule has 4 heteroatoms. The van der Waals surface area contributed by atoms with Crippen LogP contribution in [0.15, 0.2) is 0 Å². The van der Waals surface area contributed by atoms with E-state index in [1.54, 1.807) is 0 Å². The van der Waals surface area contributed by atoms with Crippen molar-refractivity contribution < 1.29 is 20.3 Å². The standard InChI is InChI=1S/C5H11N.CH2O3/c1-2-4-6-5-3-1;2-1(3)4/h6H,1-5H2;(H2,2,3,4). The van der Waals surface area contributed by atoms with Gasteiger partial charge in [-0.25, -0.2) is 0 Å². The molecule has 0 atom stereocenters. The fourth-order valence-electron chi connectivity index (χ4n) is 0.898. The van der Waals surface area contributed by atoms with Crippen molar-refractivity contribution in [1.82, 2.24) is 0 Å². The van der Waals surface area contributed by atoms with Crippen molar-refractivity contribution in [1.29, 1.82) is 0 Å². The van der Waals surface area contributed by atoms with Gasteiger partial charge in [-0.15, -0.1) is 0 Å². The highest BCUT2D eigenvalue weighted by atomic mass is 16.6.